The molecule has 3 aromatic rings. The molecule has 0 radical (unpaired) electrons. The molecule has 0 aliphatic carbocycles. The first-order valence-corrected chi connectivity index (χ1v) is 12.0. The third-order valence-corrected chi connectivity index (χ3v) is 5.79. The Morgan fingerprint density at radius 1 is 1.14 bits per heavy atom. The van der Waals surface area contributed by atoms with Crippen LogP contribution < -0.4 is 14.8 Å². The number of amides is 1. The molecule has 0 fully saturated rings. The largest absolute Gasteiger partial charge is 0.490 e. The van der Waals surface area contributed by atoms with Crippen molar-refractivity contribution in [2.75, 3.05) is 18.2 Å². The number of anilines is 1. The molecule has 0 bridgehead atoms. The van der Waals surface area contributed by atoms with Crippen LogP contribution in [0.2, 0.25) is 0 Å². The van der Waals surface area contributed by atoms with Crippen LogP contribution in [0.3, 0.4) is 0 Å². The summed E-state index contributed by atoms with van der Waals surface area (Å²) in [5, 5.41) is 9.05. The van der Waals surface area contributed by atoms with Gasteiger partial charge in [-0.3, -0.25) is 4.79 Å². The summed E-state index contributed by atoms with van der Waals surface area (Å²) in [6, 6.07) is 8.76. The molecule has 1 unspecified atom stereocenters. The van der Waals surface area contributed by atoms with E-state index in [1.54, 1.807) is 6.92 Å². The van der Waals surface area contributed by atoms with Gasteiger partial charge in [0.15, 0.2) is 17.2 Å². The fourth-order valence-corrected chi connectivity index (χ4v) is 3.75. The van der Waals surface area contributed by atoms with E-state index in [2.05, 4.69) is 15.5 Å². The second-order valence-electron chi connectivity index (χ2n) is 7.30. The Bertz CT molecular complexity index is 1380. The first-order chi connectivity index (χ1) is 16.3. The molecule has 0 saturated carbocycles. The minimum atomic E-state index is -4.91. The van der Waals surface area contributed by atoms with Crippen LogP contribution in [0, 0.1) is 17.5 Å². The van der Waals surface area contributed by atoms with Crippen molar-refractivity contribution in [2.45, 2.75) is 24.9 Å². The minimum absolute atomic E-state index is 0.0564. The van der Waals surface area contributed by atoms with Gasteiger partial charge in [0.2, 0.25) is 0 Å². The lowest BCUT2D eigenvalue weighted by Gasteiger charge is -2.17. The molecule has 0 aliphatic rings. The third kappa shape index (κ3) is 6.04. The smallest absolute Gasteiger partial charge is 0.435 e. The van der Waals surface area contributed by atoms with E-state index in [-0.39, 0.29) is 28.7 Å². The standard InChI is InChI=1S/C22H20F4N4O4S/c1-4-33-17-10-13(23)8-9-16(17)34-21-18(12(2)19(29-30-21)22(24,25)26)20(31)28-14-6-5-7-15(11-14)35(3,27)32/h5-11,27H,4H2,1-3H3,(H,28,31). The van der Waals surface area contributed by atoms with Crippen LogP contribution in [0.25, 0.3) is 0 Å². The maximum absolute atomic E-state index is 13.6. The molecule has 35 heavy (non-hydrogen) atoms. The van der Waals surface area contributed by atoms with E-state index in [0.29, 0.717) is 0 Å². The maximum atomic E-state index is 13.6. The number of nitrogens with one attached hydrogen (secondary N) is 2. The average Bonchev–Trinajstić information content (AvgIpc) is 2.74. The van der Waals surface area contributed by atoms with Crippen LogP contribution in [0.15, 0.2) is 47.4 Å². The number of ether oxygens (including phenoxy) is 2. The van der Waals surface area contributed by atoms with Crippen molar-refractivity contribution in [3.05, 3.63) is 65.1 Å². The highest BCUT2D eigenvalue weighted by atomic mass is 32.2. The molecular formula is C22H20F4N4O4S. The van der Waals surface area contributed by atoms with Crippen molar-refractivity contribution in [1.29, 1.82) is 4.78 Å². The monoisotopic (exact) mass is 512 g/mol. The third-order valence-electron chi connectivity index (χ3n) is 4.63. The summed E-state index contributed by atoms with van der Waals surface area (Å²) in [5.41, 5.74) is -2.44. The first-order valence-electron chi connectivity index (χ1n) is 10.0. The zero-order chi connectivity index (χ0) is 26.0. The molecule has 13 heteroatoms. The Kier molecular flexibility index (Phi) is 7.29. The summed E-state index contributed by atoms with van der Waals surface area (Å²) in [7, 11) is -3.11. The van der Waals surface area contributed by atoms with E-state index in [1.807, 2.05) is 0 Å². The zero-order valence-corrected chi connectivity index (χ0v) is 19.5. The van der Waals surface area contributed by atoms with Gasteiger partial charge in [-0.1, -0.05) is 6.07 Å². The average molecular weight is 512 g/mol. The number of benzene rings is 2. The number of nitrogens with zero attached hydrogens (tertiary/aromatic N) is 2. The van der Waals surface area contributed by atoms with Crippen LogP contribution in [-0.4, -0.2) is 33.2 Å². The van der Waals surface area contributed by atoms with Crippen LogP contribution in [-0.2, 0) is 15.9 Å². The second kappa shape index (κ2) is 9.86. The Hall–Kier alpha value is -3.74. The molecule has 1 heterocycles. The number of hydrogen-bond acceptors (Lipinski definition) is 7. The van der Waals surface area contributed by atoms with Crippen LogP contribution in [0.1, 0.15) is 28.5 Å². The first kappa shape index (κ1) is 25.9. The van der Waals surface area contributed by atoms with Gasteiger partial charge in [0.25, 0.3) is 11.8 Å². The molecule has 2 N–H and O–H groups in total. The quantitative estimate of drug-likeness (QED) is 0.409. The molecule has 2 aromatic carbocycles. The van der Waals surface area contributed by atoms with Gasteiger partial charge in [-0.05, 0) is 49.7 Å². The van der Waals surface area contributed by atoms with Crippen molar-refractivity contribution < 1.29 is 36.0 Å². The van der Waals surface area contributed by atoms with Gasteiger partial charge in [-0.25, -0.2) is 13.4 Å². The van der Waals surface area contributed by atoms with Gasteiger partial charge in [-0.15, -0.1) is 10.2 Å². The summed E-state index contributed by atoms with van der Waals surface area (Å²) >= 11 is 0. The van der Waals surface area contributed by atoms with E-state index in [9.17, 15) is 26.6 Å². The van der Waals surface area contributed by atoms with Gasteiger partial charge in [-0.2, -0.15) is 13.2 Å². The number of carbonyl (C=O) groups is 1. The fourth-order valence-electron chi connectivity index (χ4n) is 3.06. The van der Waals surface area contributed by atoms with Crippen LogP contribution in [0.5, 0.6) is 17.4 Å². The molecule has 1 aromatic heterocycles. The van der Waals surface area contributed by atoms with E-state index < -0.39 is 50.3 Å². The molecule has 186 valence electrons. The van der Waals surface area contributed by atoms with Gasteiger partial charge < -0.3 is 14.8 Å². The Labute approximate surface area is 198 Å². The summed E-state index contributed by atoms with van der Waals surface area (Å²) in [5.74, 6) is -2.40. The molecule has 8 nitrogen and oxygen atoms in total. The fraction of sp³-hybridized carbons (Fsp3) is 0.227. The van der Waals surface area contributed by atoms with Crippen molar-refractivity contribution >= 4 is 21.3 Å². The lowest BCUT2D eigenvalue weighted by Crippen LogP contribution is -2.21. The number of aromatic nitrogens is 2. The predicted octanol–water partition coefficient (Wildman–Crippen LogP) is 5.42. The second-order valence-corrected chi connectivity index (χ2v) is 9.46. The number of alkyl halides is 3. The number of halogens is 4. The van der Waals surface area contributed by atoms with Crippen molar-refractivity contribution in [1.82, 2.24) is 10.2 Å². The molecule has 0 aliphatic heterocycles. The topological polar surface area (TPSA) is 114 Å². The molecule has 0 saturated heterocycles. The molecule has 3 rings (SSSR count). The van der Waals surface area contributed by atoms with Crippen molar-refractivity contribution in [3.63, 3.8) is 0 Å². The summed E-state index contributed by atoms with van der Waals surface area (Å²) in [6.07, 6.45) is -3.72. The van der Waals surface area contributed by atoms with Crippen LogP contribution >= 0.6 is 0 Å². The summed E-state index contributed by atoms with van der Waals surface area (Å²) in [6.45, 7) is 2.81. The van der Waals surface area contributed by atoms with Crippen LogP contribution in [0.4, 0.5) is 23.2 Å². The number of rotatable bonds is 7. The lowest BCUT2D eigenvalue weighted by atomic mass is 10.1. The highest BCUT2D eigenvalue weighted by Crippen LogP contribution is 2.37. The van der Waals surface area contributed by atoms with E-state index in [1.165, 1.54) is 36.6 Å². The normalized spacial score (nSPS) is 13.1. The summed E-state index contributed by atoms with van der Waals surface area (Å²) in [4.78, 5) is 13.2. The van der Waals surface area contributed by atoms with Crippen molar-refractivity contribution in [3.8, 4) is 17.4 Å². The molecular weight excluding hydrogens is 492 g/mol. The zero-order valence-electron chi connectivity index (χ0n) is 18.7. The highest BCUT2D eigenvalue weighted by Gasteiger charge is 2.38. The SMILES string of the molecule is CCOc1cc(F)ccc1Oc1nnc(C(F)(F)F)c(C)c1C(=O)Nc1cccc(S(C)(=N)=O)c1. The molecule has 1 atom stereocenters. The van der Waals surface area contributed by atoms with Crippen molar-refractivity contribution in [2.24, 2.45) is 0 Å². The van der Waals surface area contributed by atoms with Gasteiger partial charge in [0.05, 0.1) is 16.3 Å². The van der Waals surface area contributed by atoms with E-state index in [0.717, 1.165) is 19.1 Å². The van der Waals surface area contributed by atoms with E-state index in [4.69, 9.17) is 14.3 Å². The summed E-state index contributed by atoms with van der Waals surface area (Å²) < 4.78 is 84.7. The molecule has 0 spiro atoms. The molecule has 1 amide bonds. The van der Waals surface area contributed by atoms with Gasteiger partial charge >= 0.3 is 6.18 Å². The van der Waals surface area contributed by atoms with Gasteiger partial charge in [0, 0.05) is 22.9 Å². The Balaban J connectivity index is 2.09. The number of hydrogen-bond donors (Lipinski definition) is 2. The highest BCUT2D eigenvalue weighted by molar-refractivity contribution is 7.91. The van der Waals surface area contributed by atoms with E-state index >= 15 is 0 Å². The number of carbonyl (C=O) groups excluding carboxylic acids is 1. The predicted molar refractivity (Wildman–Crippen MR) is 119 cm³/mol. The minimum Gasteiger partial charge on any atom is -0.490 e. The maximum Gasteiger partial charge on any atom is 0.435 e. The van der Waals surface area contributed by atoms with Gasteiger partial charge in [0.1, 0.15) is 11.4 Å². The Morgan fingerprint density at radius 2 is 1.86 bits per heavy atom. The lowest BCUT2D eigenvalue weighted by molar-refractivity contribution is -0.142. The Morgan fingerprint density at radius 3 is 2.49 bits per heavy atom.